The third-order valence-corrected chi connectivity index (χ3v) is 4.09. The highest BCUT2D eigenvalue weighted by atomic mass is 35.5. The average Bonchev–Trinajstić information content (AvgIpc) is 3.09. The molecule has 0 atom stereocenters. The number of hydrogen-bond acceptors (Lipinski definition) is 6. The normalized spacial score (nSPS) is 11.2. The molecule has 0 unspecified atom stereocenters. The zero-order valence-electron chi connectivity index (χ0n) is 13.7. The van der Waals surface area contributed by atoms with Crippen molar-refractivity contribution in [2.75, 3.05) is 18.6 Å². The molecule has 0 spiro atoms. The number of rotatable bonds is 4. The van der Waals surface area contributed by atoms with Gasteiger partial charge in [-0.2, -0.15) is 9.97 Å². The summed E-state index contributed by atoms with van der Waals surface area (Å²) in [5.74, 6) is 1.73. The minimum Gasteiger partial charge on any atom is -0.478 e. The van der Waals surface area contributed by atoms with Gasteiger partial charge in [-0.3, -0.25) is 0 Å². The highest BCUT2D eigenvalue weighted by molar-refractivity contribution is 6.30. The van der Waals surface area contributed by atoms with E-state index >= 15 is 0 Å². The van der Waals surface area contributed by atoms with Gasteiger partial charge in [-0.15, -0.1) is 10.2 Å². The van der Waals surface area contributed by atoms with Gasteiger partial charge in [-0.05, 0) is 31.2 Å². The molecule has 0 aliphatic rings. The molecule has 3 heterocycles. The van der Waals surface area contributed by atoms with Crippen LogP contribution in [0.3, 0.4) is 0 Å². The molecule has 0 saturated carbocycles. The van der Waals surface area contributed by atoms with Crippen LogP contribution >= 0.6 is 11.6 Å². The van der Waals surface area contributed by atoms with Crippen molar-refractivity contribution in [3.05, 3.63) is 47.7 Å². The van der Waals surface area contributed by atoms with Crippen LogP contribution in [0.4, 0.5) is 11.5 Å². The quantitative estimate of drug-likeness (QED) is 0.558. The van der Waals surface area contributed by atoms with Crippen LogP contribution in [0.25, 0.3) is 16.8 Å². The second-order valence-corrected chi connectivity index (χ2v) is 5.87. The molecule has 0 aliphatic carbocycles. The molecular formula is C17H15ClN6O. The SMILES string of the molecule is CCOc1ccc2c(N(C)c3cccc(Cl)c3)nc3nncn3c2n1. The maximum Gasteiger partial charge on any atom is 0.258 e. The summed E-state index contributed by atoms with van der Waals surface area (Å²) in [6.07, 6.45) is 1.59. The largest absolute Gasteiger partial charge is 0.478 e. The van der Waals surface area contributed by atoms with Crippen molar-refractivity contribution in [3.8, 4) is 5.88 Å². The first-order valence-electron chi connectivity index (χ1n) is 7.80. The Morgan fingerprint density at radius 1 is 1.20 bits per heavy atom. The standard InChI is InChI=1S/C17H15ClN6O/c1-3-25-14-8-7-13-15(23(2)12-6-4-5-11(18)9-12)21-17-22-19-10-24(17)16(13)20-14/h4-10H,3H2,1-2H3. The predicted octanol–water partition coefficient (Wildman–Crippen LogP) is 3.49. The fourth-order valence-corrected chi connectivity index (χ4v) is 2.87. The van der Waals surface area contributed by atoms with Crippen LogP contribution < -0.4 is 9.64 Å². The van der Waals surface area contributed by atoms with Gasteiger partial charge in [0.05, 0.1) is 12.0 Å². The van der Waals surface area contributed by atoms with Crippen molar-refractivity contribution in [2.45, 2.75) is 6.92 Å². The molecular weight excluding hydrogens is 340 g/mol. The van der Waals surface area contributed by atoms with Crippen LogP contribution in [-0.4, -0.2) is 38.2 Å². The molecule has 126 valence electrons. The highest BCUT2D eigenvalue weighted by Gasteiger charge is 2.16. The van der Waals surface area contributed by atoms with E-state index in [0.29, 0.717) is 34.8 Å². The molecule has 0 bridgehead atoms. The van der Waals surface area contributed by atoms with E-state index < -0.39 is 0 Å². The van der Waals surface area contributed by atoms with Crippen LogP contribution in [0.15, 0.2) is 42.7 Å². The number of pyridine rings is 1. The molecule has 7 nitrogen and oxygen atoms in total. The molecule has 0 amide bonds. The molecule has 8 heteroatoms. The smallest absolute Gasteiger partial charge is 0.258 e. The Morgan fingerprint density at radius 3 is 2.88 bits per heavy atom. The monoisotopic (exact) mass is 354 g/mol. The Hall–Kier alpha value is -2.93. The lowest BCUT2D eigenvalue weighted by molar-refractivity contribution is 0.328. The Bertz CT molecular complexity index is 1060. The molecule has 3 aromatic heterocycles. The first kappa shape index (κ1) is 15.6. The van der Waals surface area contributed by atoms with Crippen molar-refractivity contribution in [1.82, 2.24) is 24.6 Å². The molecule has 0 fully saturated rings. The van der Waals surface area contributed by atoms with Crippen molar-refractivity contribution >= 4 is 39.9 Å². The van der Waals surface area contributed by atoms with Crippen LogP contribution in [0.1, 0.15) is 6.92 Å². The summed E-state index contributed by atoms with van der Waals surface area (Å²) >= 11 is 6.13. The molecule has 0 N–H and O–H groups in total. The second kappa shape index (κ2) is 6.18. The van der Waals surface area contributed by atoms with E-state index in [1.165, 1.54) is 0 Å². The van der Waals surface area contributed by atoms with E-state index in [4.69, 9.17) is 16.3 Å². The first-order chi connectivity index (χ1) is 12.2. The van der Waals surface area contributed by atoms with E-state index in [1.54, 1.807) is 10.7 Å². The van der Waals surface area contributed by atoms with Gasteiger partial charge < -0.3 is 9.64 Å². The molecule has 1 aromatic carbocycles. The highest BCUT2D eigenvalue weighted by Crippen LogP contribution is 2.31. The van der Waals surface area contributed by atoms with Crippen molar-refractivity contribution in [3.63, 3.8) is 0 Å². The summed E-state index contributed by atoms with van der Waals surface area (Å²) in [6.45, 7) is 2.47. The van der Waals surface area contributed by atoms with Gasteiger partial charge in [-0.25, -0.2) is 4.40 Å². The van der Waals surface area contributed by atoms with Gasteiger partial charge in [0.1, 0.15) is 12.1 Å². The number of nitrogens with zero attached hydrogens (tertiary/aromatic N) is 6. The first-order valence-corrected chi connectivity index (χ1v) is 8.17. The fraction of sp³-hybridized carbons (Fsp3) is 0.176. The zero-order chi connectivity index (χ0) is 17.4. The maximum absolute atomic E-state index is 6.13. The van der Waals surface area contributed by atoms with Crippen molar-refractivity contribution in [2.24, 2.45) is 0 Å². The lowest BCUT2D eigenvalue weighted by Gasteiger charge is -2.20. The summed E-state index contributed by atoms with van der Waals surface area (Å²) in [6, 6.07) is 11.4. The lowest BCUT2D eigenvalue weighted by Crippen LogP contribution is -2.13. The third kappa shape index (κ3) is 2.72. The van der Waals surface area contributed by atoms with E-state index in [9.17, 15) is 0 Å². The fourth-order valence-electron chi connectivity index (χ4n) is 2.69. The van der Waals surface area contributed by atoms with Crippen LogP contribution in [0.5, 0.6) is 5.88 Å². The van der Waals surface area contributed by atoms with Gasteiger partial charge in [0, 0.05) is 23.8 Å². The number of anilines is 2. The topological polar surface area (TPSA) is 68.4 Å². The molecule has 4 aromatic rings. The van der Waals surface area contributed by atoms with Crippen LogP contribution in [0, 0.1) is 0 Å². The Morgan fingerprint density at radius 2 is 2.08 bits per heavy atom. The van der Waals surface area contributed by atoms with Gasteiger partial charge in [0.2, 0.25) is 5.88 Å². The van der Waals surface area contributed by atoms with E-state index in [0.717, 1.165) is 11.1 Å². The zero-order valence-corrected chi connectivity index (χ0v) is 14.5. The Labute approximate surface area is 148 Å². The maximum atomic E-state index is 6.13. The van der Waals surface area contributed by atoms with Crippen LogP contribution in [-0.2, 0) is 0 Å². The van der Waals surface area contributed by atoms with Crippen LogP contribution in [0.2, 0.25) is 5.02 Å². The Kier molecular flexibility index (Phi) is 3.85. The third-order valence-electron chi connectivity index (χ3n) is 3.86. The van der Waals surface area contributed by atoms with Gasteiger partial charge in [-0.1, -0.05) is 17.7 Å². The molecule has 0 aliphatic heterocycles. The lowest BCUT2D eigenvalue weighted by atomic mass is 10.2. The van der Waals surface area contributed by atoms with E-state index in [1.807, 2.05) is 55.3 Å². The summed E-state index contributed by atoms with van der Waals surface area (Å²) in [5.41, 5.74) is 1.60. The minimum absolute atomic E-state index is 0.470. The van der Waals surface area contributed by atoms with E-state index in [2.05, 4.69) is 20.2 Å². The average molecular weight is 355 g/mol. The van der Waals surface area contributed by atoms with Gasteiger partial charge in [0.15, 0.2) is 5.65 Å². The molecule has 0 saturated heterocycles. The number of fused-ring (bicyclic) bond motifs is 3. The Balaban J connectivity index is 1.95. The minimum atomic E-state index is 0.470. The molecule has 4 rings (SSSR count). The van der Waals surface area contributed by atoms with Gasteiger partial charge >= 0.3 is 0 Å². The second-order valence-electron chi connectivity index (χ2n) is 5.43. The number of ether oxygens (including phenoxy) is 1. The number of halogens is 1. The van der Waals surface area contributed by atoms with Gasteiger partial charge in [0.25, 0.3) is 5.78 Å². The summed E-state index contributed by atoms with van der Waals surface area (Å²) in [4.78, 5) is 11.2. The number of aromatic nitrogens is 5. The molecule has 0 radical (unpaired) electrons. The summed E-state index contributed by atoms with van der Waals surface area (Å²) in [5, 5.41) is 9.53. The number of hydrogen-bond donors (Lipinski definition) is 0. The van der Waals surface area contributed by atoms with E-state index in [-0.39, 0.29) is 0 Å². The predicted molar refractivity (Wildman–Crippen MR) is 96.8 cm³/mol. The summed E-state index contributed by atoms with van der Waals surface area (Å²) < 4.78 is 7.27. The number of benzene rings is 1. The molecule has 25 heavy (non-hydrogen) atoms. The van der Waals surface area contributed by atoms with Crippen molar-refractivity contribution < 1.29 is 4.74 Å². The summed E-state index contributed by atoms with van der Waals surface area (Å²) in [7, 11) is 1.93. The van der Waals surface area contributed by atoms with Crippen molar-refractivity contribution in [1.29, 1.82) is 0 Å².